The van der Waals surface area contributed by atoms with E-state index in [0.717, 1.165) is 5.56 Å². The van der Waals surface area contributed by atoms with Gasteiger partial charge in [-0.1, -0.05) is 37.3 Å². The number of nitrogens with zero attached hydrogens (tertiary/aromatic N) is 1. The fourth-order valence-electron chi connectivity index (χ4n) is 1.20. The molecule has 0 fully saturated rings. The zero-order valence-electron chi connectivity index (χ0n) is 9.80. The van der Waals surface area contributed by atoms with Crippen molar-refractivity contribution in [1.29, 1.82) is 0 Å². The van der Waals surface area contributed by atoms with Gasteiger partial charge in [0, 0.05) is 0 Å². The van der Waals surface area contributed by atoms with Gasteiger partial charge in [-0.05, 0) is 23.1 Å². The summed E-state index contributed by atoms with van der Waals surface area (Å²) < 4.78 is 27.6. The molecule has 0 atom stereocenters. The molecule has 0 heterocycles. The van der Waals surface area contributed by atoms with Crippen molar-refractivity contribution in [2.24, 2.45) is 4.36 Å². The highest BCUT2D eigenvalue weighted by molar-refractivity contribution is 7.62. The number of carbonyl (C=O) groups excluding carboxylic acids is 1. The second kappa shape index (κ2) is 5.09. The molecule has 0 N–H and O–H groups in total. The second-order valence-corrected chi connectivity index (χ2v) is 5.07. The monoisotopic (exact) mass is 255 g/mol. The van der Waals surface area contributed by atoms with Gasteiger partial charge in [0.1, 0.15) is 5.75 Å². The van der Waals surface area contributed by atoms with Crippen molar-refractivity contribution in [2.75, 3.05) is 0 Å². The molecule has 0 unspecified atom stereocenters. The minimum atomic E-state index is -2.79. The zero-order valence-corrected chi connectivity index (χ0v) is 10.6. The predicted octanol–water partition coefficient (Wildman–Crippen LogP) is 2.55. The summed E-state index contributed by atoms with van der Waals surface area (Å²) in [5.41, 5.74) is 1.09. The number of hydrogen-bond acceptors (Lipinski definition) is 4. The average Bonchev–Trinajstić information content (AvgIpc) is 2.15. The van der Waals surface area contributed by atoms with Crippen LogP contribution in [0.1, 0.15) is 26.3 Å². The summed E-state index contributed by atoms with van der Waals surface area (Å²) >= 11 is 0. The summed E-state index contributed by atoms with van der Waals surface area (Å²) in [6, 6.07) is 6.83. The molecule has 0 saturated carbocycles. The van der Waals surface area contributed by atoms with Gasteiger partial charge in [-0.25, -0.2) is 4.79 Å². The molecular weight excluding hydrogens is 242 g/mol. The summed E-state index contributed by atoms with van der Waals surface area (Å²) in [6.07, 6.45) is -1.15. The predicted molar refractivity (Wildman–Crippen MR) is 62.5 cm³/mol. The highest BCUT2D eigenvalue weighted by Crippen LogP contribution is 2.24. The minimum absolute atomic E-state index is 0.00340. The highest BCUT2D eigenvalue weighted by Gasteiger charge is 2.13. The van der Waals surface area contributed by atoms with Crippen LogP contribution in [0.3, 0.4) is 0 Å². The Balaban J connectivity index is 2.83. The van der Waals surface area contributed by atoms with E-state index >= 15 is 0 Å². The number of ether oxygens (including phenoxy) is 1. The van der Waals surface area contributed by atoms with E-state index in [1.54, 1.807) is 12.1 Å². The van der Waals surface area contributed by atoms with Crippen LogP contribution in [-0.2, 0) is 15.9 Å². The van der Waals surface area contributed by atoms with Crippen molar-refractivity contribution >= 4 is 16.6 Å². The van der Waals surface area contributed by atoms with Crippen LogP contribution in [0.5, 0.6) is 5.75 Å². The maximum absolute atomic E-state index is 10.9. The Morgan fingerprint density at radius 3 is 2.12 bits per heavy atom. The third kappa shape index (κ3) is 4.36. The molecular formula is C11H13NO4S. The van der Waals surface area contributed by atoms with Crippen molar-refractivity contribution in [3.05, 3.63) is 29.8 Å². The Morgan fingerprint density at radius 1 is 1.18 bits per heavy atom. The summed E-state index contributed by atoms with van der Waals surface area (Å²) in [5.74, 6) is 0.261. The average molecular weight is 255 g/mol. The smallest absolute Gasteiger partial charge is 0.408 e. The van der Waals surface area contributed by atoms with Crippen molar-refractivity contribution in [1.82, 2.24) is 0 Å². The van der Waals surface area contributed by atoms with Crippen LogP contribution in [0.25, 0.3) is 0 Å². The second-order valence-electron chi connectivity index (χ2n) is 4.45. The van der Waals surface area contributed by atoms with Crippen molar-refractivity contribution in [2.45, 2.75) is 26.2 Å². The molecule has 0 aliphatic rings. The first-order chi connectivity index (χ1) is 7.79. The van der Waals surface area contributed by atoms with Crippen LogP contribution in [0.2, 0.25) is 0 Å². The number of rotatable bonds is 1. The molecule has 92 valence electrons. The molecule has 0 aliphatic heterocycles. The van der Waals surface area contributed by atoms with Crippen LogP contribution in [0.15, 0.2) is 28.6 Å². The van der Waals surface area contributed by atoms with Gasteiger partial charge in [-0.3, -0.25) is 0 Å². The normalized spacial score (nSPS) is 10.8. The molecule has 0 aromatic heterocycles. The van der Waals surface area contributed by atoms with Gasteiger partial charge in [0.2, 0.25) is 0 Å². The fourth-order valence-corrected chi connectivity index (χ4v) is 1.36. The van der Waals surface area contributed by atoms with Crippen molar-refractivity contribution in [3.63, 3.8) is 0 Å². The SMILES string of the molecule is CC(C)(C)c1ccc(OC(=O)N=S(=O)=O)cc1. The summed E-state index contributed by atoms with van der Waals surface area (Å²) in [5, 5.41) is 0. The molecule has 0 bridgehead atoms. The van der Waals surface area contributed by atoms with E-state index in [0.29, 0.717) is 0 Å². The first-order valence-electron chi connectivity index (χ1n) is 4.92. The maximum Gasteiger partial charge on any atom is 0.454 e. The lowest BCUT2D eigenvalue weighted by atomic mass is 9.87. The first kappa shape index (κ1) is 13.4. The van der Waals surface area contributed by atoms with Crippen molar-refractivity contribution in [3.8, 4) is 5.75 Å². The van der Waals surface area contributed by atoms with E-state index in [1.165, 1.54) is 0 Å². The van der Waals surface area contributed by atoms with Crippen LogP contribution in [-0.4, -0.2) is 14.5 Å². The Labute approximate surface area is 101 Å². The third-order valence-electron chi connectivity index (χ3n) is 2.07. The van der Waals surface area contributed by atoms with E-state index in [-0.39, 0.29) is 11.2 Å². The molecule has 1 amide bonds. The molecule has 0 radical (unpaired) electrons. The first-order valence-corrected chi connectivity index (χ1v) is 5.96. The van der Waals surface area contributed by atoms with E-state index in [2.05, 4.69) is 25.1 Å². The lowest BCUT2D eigenvalue weighted by Gasteiger charge is -2.18. The van der Waals surface area contributed by atoms with Crippen LogP contribution in [0, 0.1) is 0 Å². The van der Waals surface area contributed by atoms with Crippen LogP contribution in [0.4, 0.5) is 4.79 Å². The summed E-state index contributed by atoms with van der Waals surface area (Å²) in [4.78, 5) is 10.9. The molecule has 17 heavy (non-hydrogen) atoms. The quantitative estimate of drug-likeness (QED) is 0.773. The van der Waals surface area contributed by atoms with Crippen LogP contribution >= 0.6 is 0 Å². The Kier molecular flexibility index (Phi) is 4.01. The van der Waals surface area contributed by atoms with Gasteiger partial charge in [0.25, 0.3) is 0 Å². The van der Waals surface area contributed by atoms with E-state index < -0.39 is 16.6 Å². The summed E-state index contributed by atoms with van der Waals surface area (Å²) in [7, 11) is -2.79. The lowest BCUT2D eigenvalue weighted by molar-refractivity contribution is 0.212. The van der Waals surface area contributed by atoms with Crippen LogP contribution < -0.4 is 4.74 Å². The Morgan fingerprint density at radius 2 is 1.71 bits per heavy atom. The molecule has 0 saturated heterocycles. The topological polar surface area (TPSA) is 72.8 Å². The summed E-state index contributed by atoms with van der Waals surface area (Å²) in [6.45, 7) is 6.18. The Bertz CT molecular complexity index is 530. The van der Waals surface area contributed by atoms with Gasteiger partial charge >= 0.3 is 16.6 Å². The fraction of sp³-hybridized carbons (Fsp3) is 0.364. The third-order valence-corrected chi connectivity index (χ3v) is 2.37. The molecule has 1 aromatic rings. The highest BCUT2D eigenvalue weighted by atomic mass is 32.2. The lowest BCUT2D eigenvalue weighted by Crippen LogP contribution is -2.10. The number of hydrogen-bond donors (Lipinski definition) is 0. The minimum Gasteiger partial charge on any atom is -0.408 e. The molecule has 1 rings (SSSR count). The number of carbonyl (C=O) groups is 1. The number of benzene rings is 1. The Hall–Kier alpha value is -1.69. The van der Waals surface area contributed by atoms with Gasteiger partial charge in [0.05, 0.1) is 0 Å². The molecule has 0 spiro atoms. The molecule has 1 aromatic carbocycles. The standard InChI is InChI=1S/C11H13NO4S/c1-11(2,3)8-4-6-9(7-5-8)16-10(13)12-17(14)15/h4-7H,1-3H3. The van der Waals surface area contributed by atoms with Gasteiger partial charge in [0.15, 0.2) is 0 Å². The molecule has 6 heteroatoms. The number of amides is 1. The van der Waals surface area contributed by atoms with E-state index in [1.807, 2.05) is 12.1 Å². The van der Waals surface area contributed by atoms with E-state index in [4.69, 9.17) is 4.74 Å². The molecule has 5 nitrogen and oxygen atoms in total. The van der Waals surface area contributed by atoms with E-state index in [9.17, 15) is 13.2 Å². The van der Waals surface area contributed by atoms with Crippen molar-refractivity contribution < 1.29 is 17.9 Å². The zero-order chi connectivity index (χ0) is 13.1. The largest absolute Gasteiger partial charge is 0.454 e. The van der Waals surface area contributed by atoms with Gasteiger partial charge in [-0.2, -0.15) is 8.42 Å². The van der Waals surface area contributed by atoms with Gasteiger partial charge in [-0.15, -0.1) is 0 Å². The molecule has 0 aliphatic carbocycles. The maximum atomic E-state index is 10.9. The van der Waals surface area contributed by atoms with Gasteiger partial charge < -0.3 is 4.74 Å².